The number of primary amides is 1. The molecule has 3 aromatic rings. The number of aromatic nitrogens is 2. The van der Waals surface area contributed by atoms with Crippen LogP contribution in [0.15, 0.2) is 94.3 Å². The zero-order valence-corrected chi connectivity index (χ0v) is 29.5. The molecule has 4 heterocycles. The molecule has 0 bridgehead atoms. The minimum absolute atomic E-state index is 0.00853. The molecule has 11 nitrogen and oxygen atoms in total. The van der Waals surface area contributed by atoms with E-state index in [1.54, 1.807) is 18.2 Å². The number of H-pyrrole nitrogens is 1. The summed E-state index contributed by atoms with van der Waals surface area (Å²) in [4.78, 5) is 22.5. The Hall–Kier alpha value is -5.71. The fraction of sp³-hybridized carbons (Fsp3) is 0.325. The number of aryl methyl sites for hydroxylation is 1. The molecule has 4 aliphatic rings. The summed E-state index contributed by atoms with van der Waals surface area (Å²) in [5.74, 6) is 0.543. The lowest BCUT2D eigenvalue weighted by molar-refractivity contribution is -0.106. The number of aromatic amines is 1. The third-order valence-electron chi connectivity index (χ3n) is 9.71. The second-order valence-corrected chi connectivity index (χ2v) is 13.1. The Morgan fingerprint density at radius 3 is 2.81 bits per heavy atom. The van der Waals surface area contributed by atoms with E-state index in [4.69, 9.17) is 24.5 Å². The number of ether oxygens (including phenoxy) is 2. The van der Waals surface area contributed by atoms with E-state index in [0.29, 0.717) is 17.0 Å². The molecule has 0 saturated carbocycles. The second-order valence-electron chi connectivity index (χ2n) is 13.1. The van der Waals surface area contributed by atoms with E-state index in [9.17, 15) is 8.78 Å². The lowest BCUT2D eigenvalue weighted by atomic mass is 9.92. The lowest BCUT2D eigenvalue weighted by Gasteiger charge is -2.37. The number of hydrogen-bond donors (Lipinski definition) is 2. The van der Waals surface area contributed by atoms with Crippen LogP contribution in [0, 0.1) is 29.9 Å². The van der Waals surface area contributed by atoms with E-state index in [1.165, 1.54) is 17.7 Å². The normalized spacial score (nSPS) is 21.2. The van der Waals surface area contributed by atoms with E-state index in [-0.39, 0.29) is 42.6 Å². The summed E-state index contributed by atoms with van der Waals surface area (Å²) < 4.78 is 40.6. The highest BCUT2D eigenvalue weighted by Gasteiger charge is 2.38. The van der Waals surface area contributed by atoms with Gasteiger partial charge in [0, 0.05) is 42.9 Å². The number of carbonyl (C=O) groups excluding carboxylic acids is 1. The number of allylic oxidation sites excluding steroid dienone is 5. The zero-order chi connectivity index (χ0) is 37.3. The molecule has 1 fully saturated rings. The van der Waals surface area contributed by atoms with Crippen LogP contribution >= 0.6 is 0 Å². The summed E-state index contributed by atoms with van der Waals surface area (Å²) >= 11 is 0. The lowest BCUT2D eigenvalue weighted by Crippen LogP contribution is -2.49. The standard InChI is InChI=1S/C39H39F2N7O2.CH3NO/c1-25-32-18-30(19-34(41)39(32)46-45-25)28-9-10-35-36(20-28)48(22-31-13-16-49-31)37(44-35)23-47-14-11-26(12-15-47)5-3-4-6-38(43-2)50-24-29-8-7-27(21-42)17-33(29)40;2-1-3/h3-4,6-11,17-20,31,35-36H,2,5,12-16,22-24H2,1H3,(H,45,46);1H,(H2,2,3)/b4-3-,38-6+;. The molecule has 274 valence electrons. The number of hydrogen-bond acceptors (Lipinski definition) is 9. The number of rotatable bonds is 12. The topological polar surface area (TPSA) is 145 Å². The molecule has 53 heavy (non-hydrogen) atoms. The number of nitriles is 1. The third-order valence-corrected chi connectivity index (χ3v) is 9.71. The molecule has 7 rings (SSSR count). The number of fused-ring (bicyclic) bond motifs is 2. The van der Waals surface area contributed by atoms with Crippen LogP contribution in [0.4, 0.5) is 8.78 Å². The Bertz CT molecular complexity index is 2070. The van der Waals surface area contributed by atoms with Gasteiger partial charge in [0.15, 0.2) is 5.82 Å². The van der Waals surface area contributed by atoms with Gasteiger partial charge in [0.2, 0.25) is 12.3 Å². The molecular formula is C40H42F2N8O3. The summed E-state index contributed by atoms with van der Waals surface area (Å²) in [7, 11) is 0. The first-order valence-electron chi connectivity index (χ1n) is 17.5. The second kappa shape index (κ2) is 17.2. The molecule has 1 aromatic heterocycles. The van der Waals surface area contributed by atoms with Crippen molar-refractivity contribution >= 4 is 35.4 Å². The molecule has 2 aromatic carbocycles. The van der Waals surface area contributed by atoms with Gasteiger partial charge in [-0.3, -0.25) is 19.8 Å². The largest absolute Gasteiger partial charge is 0.473 e. The number of aliphatic imine (C=N–C) groups is 2. The quantitative estimate of drug-likeness (QED) is 0.0809. The van der Waals surface area contributed by atoms with Crippen molar-refractivity contribution < 1.29 is 23.0 Å². The smallest absolute Gasteiger partial charge is 0.212 e. The third kappa shape index (κ3) is 8.85. The van der Waals surface area contributed by atoms with Crippen molar-refractivity contribution in [3.05, 3.63) is 118 Å². The van der Waals surface area contributed by atoms with Gasteiger partial charge in [-0.05, 0) is 74.4 Å². The molecule has 3 unspecified atom stereocenters. The molecule has 3 N–H and O–H groups in total. The van der Waals surface area contributed by atoms with E-state index in [1.807, 2.05) is 25.1 Å². The number of benzene rings is 2. The number of nitrogens with one attached hydrogen (secondary N) is 1. The van der Waals surface area contributed by atoms with E-state index in [0.717, 1.165) is 80.1 Å². The highest BCUT2D eigenvalue weighted by atomic mass is 19.1. The maximum Gasteiger partial charge on any atom is 0.212 e. The number of nitrogens with two attached hydrogens (primary N) is 1. The molecule has 1 aliphatic carbocycles. The maximum absolute atomic E-state index is 15.0. The molecule has 3 atom stereocenters. The van der Waals surface area contributed by atoms with E-state index < -0.39 is 5.82 Å². The molecule has 0 radical (unpaired) electrons. The minimum atomic E-state index is -0.491. The highest BCUT2D eigenvalue weighted by Crippen LogP contribution is 2.33. The maximum atomic E-state index is 15.0. The van der Waals surface area contributed by atoms with Gasteiger partial charge in [0.05, 0.1) is 36.4 Å². The number of nitrogens with zero attached hydrogens (tertiary/aromatic N) is 6. The predicted molar refractivity (Wildman–Crippen MR) is 201 cm³/mol. The van der Waals surface area contributed by atoms with E-state index >= 15 is 0 Å². The van der Waals surface area contributed by atoms with Crippen LogP contribution < -0.4 is 5.73 Å². The fourth-order valence-corrected chi connectivity index (χ4v) is 6.71. The summed E-state index contributed by atoms with van der Waals surface area (Å²) in [6.07, 6.45) is 17.6. The van der Waals surface area contributed by atoms with Crippen molar-refractivity contribution in [1.82, 2.24) is 20.0 Å². The van der Waals surface area contributed by atoms with Crippen LogP contribution in [-0.4, -0.2) is 89.9 Å². The first kappa shape index (κ1) is 37.1. The van der Waals surface area contributed by atoms with Crippen molar-refractivity contribution in [2.24, 2.45) is 15.7 Å². The zero-order valence-electron chi connectivity index (χ0n) is 29.5. The van der Waals surface area contributed by atoms with Crippen molar-refractivity contribution in [1.29, 1.82) is 5.26 Å². The van der Waals surface area contributed by atoms with Crippen molar-refractivity contribution in [3.8, 4) is 6.07 Å². The van der Waals surface area contributed by atoms with Crippen LogP contribution in [0.1, 0.15) is 41.6 Å². The van der Waals surface area contributed by atoms with Crippen LogP contribution in [0.3, 0.4) is 0 Å². The van der Waals surface area contributed by atoms with Crippen molar-refractivity contribution in [2.45, 2.75) is 51.0 Å². The van der Waals surface area contributed by atoms with Gasteiger partial charge in [-0.1, -0.05) is 48.1 Å². The molecule has 13 heteroatoms. The van der Waals surface area contributed by atoms with Gasteiger partial charge >= 0.3 is 0 Å². The Labute approximate surface area is 307 Å². The van der Waals surface area contributed by atoms with Crippen LogP contribution in [0.25, 0.3) is 16.5 Å². The van der Waals surface area contributed by atoms with E-state index in [2.05, 4.69) is 67.8 Å². The monoisotopic (exact) mass is 720 g/mol. The molecule has 1 amide bonds. The Balaban J connectivity index is 0.00000155. The van der Waals surface area contributed by atoms with Crippen LogP contribution in [-0.2, 0) is 20.9 Å². The summed E-state index contributed by atoms with van der Waals surface area (Å²) in [5, 5.41) is 16.7. The van der Waals surface area contributed by atoms with Gasteiger partial charge in [-0.15, -0.1) is 0 Å². The van der Waals surface area contributed by atoms with Gasteiger partial charge in [-0.2, -0.15) is 10.4 Å². The minimum Gasteiger partial charge on any atom is -0.473 e. The highest BCUT2D eigenvalue weighted by molar-refractivity contribution is 5.91. The summed E-state index contributed by atoms with van der Waals surface area (Å²) in [6, 6.07) is 9.84. The van der Waals surface area contributed by atoms with Crippen LogP contribution in [0.2, 0.25) is 0 Å². The van der Waals surface area contributed by atoms with Gasteiger partial charge < -0.3 is 20.1 Å². The molecule has 0 spiro atoms. The molecule has 1 saturated heterocycles. The van der Waals surface area contributed by atoms with Gasteiger partial charge in [-0.25, -0.2) is 13.8 Å². The number of amides is 1. The first-order valence-corrected chi connectivity index (χ1v) is 17.5. The van der Waals surface area contributed by atoms with Crippen molar-refractivity contribution in [3.63, 3.8) is 0 Å². The molecule has 3 aliphatic heterocycles. The number of halogens is 2. The predicted octanol–water partition coefficient (Wildman–Crippen LogP) is 5.65. The average Bonchev–Trinajstić information content (AvgIpc) is 3.69. The first-order chi connectivity index (χ1) is 25.8. The SMILES string of the molecule is C=N/C(=C\C=C/CC1=CCN(CC2=NC3C=CC(c4cc(F)c5n[nH]c(C)c5c4)=CC3N2CC2CCO2)CC1)OCc1ccc(C#N)cc1F.NC=O. The summed E-state index contributed by atoms with van der Waals surface area (Å²) in [5.41, 5.74) is 9.16. The van der Waals surface area contributed by atoms with Gasteiger partial charge in [0.1, 0.15) is 23.8 Å². The Morgan fingerprint density at radius 1 is 1.28 bits per heavy atom. The fourth-order valence-electron chi connectivity index (χ4n) is 6.71. The summed E-state index contributed by atoms with van der Waals surface area (Å²) in [6.45, 7) is 9.54. The average molecular weight is 721 g/mol. The molecular weight excluding hydrogens is 678 g/mol. The Morgan fingerprint density at radius 2 is 2.11 bits per heavy atom. The van der Waals surface area contributed by atoms with Gasteiger partial charge in [0.25, 0.3) is 0 Å². The number of amidine groups is 1. The van der Waals surface area contributed by atoms with Crippen LogP contribution in [0.5, 0.6) is 0 Å². The Kier molecular flexibility index (Phi) is 12.0. The van der Waals surface area contributed by atoms with Crippen molar-refractivity contribution in [2.75, 3.05) is 32.8 Å². The number of carbonyl (C=O) groups is 1.